The first-order valence-corrected chi connectivity index (χ1v) is 5.66. The van der Waals surface area contributed by atoms with Gasteiger partial charge in [0, 0.05) is 6.61 Å². The molecule has 1 atom stereocenters. The molecule has 0 aromatic carbocycles. The predicted molar refractivity (Wildman–Crippen MR) is 58.2 cm³/mol. The lowest BCUT2D eigenvalue weighted by Crippen LogP contribution is -2.26. The average molecular weight is 241 g/mol. The summed E-state index contributed by atoms with van der Waals surface area (Å²) in [6, 6.07) is 0. The first kappa shape index (κ1) is 11.0. The van der Waals surface area contributed by atoms with E-state index in [0.29, 0.717) is 16.6 Å². The standard InChI is InChI=1S/C9H11N3O3S/c10-7(13)6-4-11-9(16-6)12-8(14)5-2-1-3-15-5/h4-5H,1-3H2,(H2,10,13)(H,11,12,14)/t5-/m1/s1. The van der Waals surface area contributed by atoms with Crippen molar-refractivity contribution >= 4 is 28.3 Å². The molecule has 0 radical (unpaired) electrons. The number of hydrogen-bond donors (Lipinski definition) is 2. The molecule has 0 spiro atoms. The second kappa shape index (κ2) is 4.58. The number of primary amides is 1. The van der Waals surface area contributed by atoms with Gasteiger partial charge in [-0.05, 0) is 12.8 Å². The Hall–Kier alpha value is -1.47. The summed E-state index contributed by atoms with van der Waals surface area (Å²) >= 11 is 1.05. The van der Waals surface area contributed by atoms with Gasteiger partial charge in [0.25, 0.3) is 11.8 Å². The van der Waals surface area contributed by atoms with Gasteiger partial charge in [0.2, 0.25) is 0 Å². The first-order chi connectivity index (χ1) is 7.66. The smallest absolute Gasteiger partial charge is 0.260 e. The number of nitrogens with one attached hydrogen (secondary N) is 1. The molecular formula is C9H11N3O3S. The van der Waals surface area contributed by atoms with Crippen molar-refractivity contribution in [2.75, 3.05) is 11.9 Å². The number of anilines is 1. The van der Waals surface area contributed by atoms with Crippen LogP contribution in [0.5, 0.6) is 0 Å². The maximum absolute atomic E-state index is 11.6. The number of carbonyl (C=O) groups excluding carboxylic acids is 2. The van der Waals surface area contributed by atoms with Crippen molar-refractivity contribution in [1.29, 1.82) is 0 Å². The van der Waals surface area contributed by atoms with Crippen LogP contribution >= 0.6 is 11.3 Å². The number of rotatable bonds is 3. The quantitative estimate of drug-likeness (QED) is 0.798. The molecule has 2 rings (SSSR count). The van der Waals surface area contributed by atoms with Gasteiger partial charge in [-0.25, -0.2) is 4.98 Å². The van der Waals surface area contributed by atoms with Gasteiger partial charge in [-0.2, -0.15) is 0 Å². The van der Waals surface area contributed by atoms with E-state index in [1.165, 1.54) is 6.20 Å². The normalized spacial score (nSPS) is 19.6. The van der Waals surface area contributed by atoms with E-state index in [1.807, 2.05) is 0 Å². The van der Waals surface area contributed by atoms with E-state index in [-0.39, 0.29) is 5.91 Å². The Balaban J connectivity index is 1.97. The fourth-order valence-corrected chi connectivity index (χ4v) is 2.09. The third-order valence-corrected chi connectivity index (χ3v) is 3.13. The van der Waals surface area contributed by atoms with Crippen LogP contribution in [-0.2, 0) is 9.53 Å². The third kappa shape index (κ3) is 2.37. The zero-order valence-electron chi connectivity index (χ0n) is 8.43. The highest BCUT2D eigenvalue weighted by Crippen LogP contribution is 2.19. The Morgan fingerprint density at radius 1 is 1.62 bits per heavy atom. The highest BCUT2D eigenvalue weighted by atomic mass is 32.1. The van der Waals surface area contributed by atoms with Gasteiger partial charge >= 0.3 is 0 Å². The highest BCUT2D eigenvalue weighted by molar-refractivity contribution is 7.17. The number of carbonyl (C=O) groups is 2. The molecule has 1 saturated heterocycles. The summed E-state index contributed by atoms with van der Waals surface area (Å²) in [5, 5.41) is 2.96. The van der Waals surface area contributed by atoms with Crippen LogP contribution in [0.1, 0.15) is 22.5 Å². The van der Waals surface area contributed by atoms with Crippen molar-refractivity contribution in [1.82, 2.24) is 4.98 Å². The molecule has 16 heavy (non-hydrogen) atoms. The molecule has 1 aromatic heterocycles. The van der Waals surface area contributed by atoms with E-state index in [1.54, 1.807) is 0 Å². The zero-order chi connectivity index (χ0) is 11.5. The topological polar surface area (TPSA) is 94.3 Å². The van der Waals surface area contributed by atoms with Gasteiger partial charge in [-0.1, -0.05) is 11.3 Å². The van der Waals surface area contributed by atoms with Gasteiger partial charge in [-0.15, -0.1) is 0 Å². The zero-order valence-corrected chi connectivity index (χ0v) is 9.25. The van der Waals surface area contributed by atoms with Gasteiger partial charge in [0.1, 0.15) is 11.0 Å². The maximum Gasteiger partial charge on any atom is 0.260 e. The molecule has 2 amide bonds. The number of ether oxygens (including phenoxy) is 1. The van der Waals surface area contributed by atoms with E-state index in [9.17, 15) is 9.59 Å². The van der Waals surface area contributed by atoms with Crippen LogP contribution in [0.15, 0.2) is 6.20 Å². The summed E-state index contributed by atoms with van der Waals surface area (Å²) in [6.07, 6.45) is 2.56. The Bertz CT molecular complexity index is 412. The van der Waals surface area contributed by atoms with Crippen LogP contribution in [-0.4, -0.2) is 29.5 Å². The SMILES string of the molecule is NC(=O)c1cnc(NC(=O)[C@H]2CCCO2)s1. The number of hydrogen-bond acceptors (Lipinski definition) is 5. The summed E-state index contributed by atoms with van der Waals surface area (Å²) in [4.78, 5) is 26.6. The molecule has 0 bridgehead atoms. The van der Waals surface area contributed by atoms with Gasteiger partial charge < -0.3 is 10.5 Å². The van der Waals surface area contributed by atoms with E-state index in [2.05, 4.69) is 10.3 Å². The van der Waals surface area contributed by atoms with Crippen LogP contribution in [0.3, 0.4) is 0 Å². The monoisotopic (exact) mass is 241 g/mol. The molecule has 1 aromatic rings. The van der Waals surface area contributed by atoms with Gasteiger partial charge in [0.05, 0.1) is 6.20 Å². The minimum absolute atomic E-state index is 0.220. The van der Waals surface area contributed by atoms with Crippen molar-refractivity contribution in [3.63, 3.8) is 0 Å². The second-order valence-corrected chi connectivity index (χ2v) is 4.42. The van der Waals surface area contributed by atoms with Gasteiger partial charge in [-0.3, -0.25) is 14.9 Å². The van der Waals surface area contributed by atoms with E-state index in [0.717, 1.165) is 24.2 Å². The second-order valence-electron chi connectivity index (χ2n) is 3.38. The molecule has 1 aliphatic heterocycles. The van der Waals surface area contributed by atoms with Crippen LogP contribution in [0.25, 0.3) is 0 Å². The molecule has 86 valence electrons. The first-order valence-electron chi connectivity index (χ1n) is 4.85. The van der Waals surface area contributed by atoms with Crippen LogP contribution < -0.4 is 11.1 Å². The summed E-state index contributed by atoms with van der Waals surface area (Å²) in [5.41, 5.74) is 5.07. The maximum atomic E-state index is 11.6. The van der Waals surface area contributed by atoms with Gasteiger partial charge in [0.15, 0.2) is 5.13 Å². The molecule has 0 unspecified atom stereocenters. The molecule has 0 saturated carbocycles. The highest BCUT2D eigenvalue weighted by Gasteiger charge is 2.24. The molecule has 0 aliphatic carbocycles. The molecule has 1 fully saturated rings. The van der Waals surface area contributed by atoms with E-state index in [4.69, 9.17) is 10.5 Å². The average Bonchev–Trinajstić information content (AvgIpc) is 2.87. The van der Waals surface area contributed by atoms with Crippen molar-refractivity contribution in [2.45, 2.75) is 18.9 Å². The minimum atomic E-state index is -0.546. The summed E-state index contributed by atoms with van der Waals surface area (Å²) in [6.45, 7) is 0.614. The van der Waals surface area contributed by atoms with Crippen molar-refractivity contribution in [2.24, 2.45) is 5.73 Å². The fraction of sp³-hybridized carbons (Fsp3) is 0.444. The molecule has 7 heteroatoms. The predicted octanol–water partition coefficient (Wildman–Crippen LogP) is 0.359. The van der Waals surface area contributed by atoms with Crippen molar-refractivity contribution in [3.05, 3.63) is 11.1 Å². The Kier molecular flexibility index (Phi) is 3.16. The third-order valence-electron chi connectivity index (χ3n) is 2.20. The Labute approximate surface area is 95.8 Å². The number of amides is 2. The Morgan fingerprint density at radius 3 is 3.00 bits per heavy atom. The largest absolute Gasteiger partial charge is 0.368 e. The molecule has 1 aliphatic rings. The molecular weight excluding hydrogens is 230 g/mol. The lowest BCUT2D eigenvalue weighted by Gasteiger charge is -2.07. The summed E-state index contributed by atoms with van der Waals surface area (Å²) in [7, 11) is 0. The minimum Gasteiger partial charge on any atom is -0.368 e. The fourth-order valence-electron chi connectivity index (χ4n) is 1.42. The Morgan fingerprint density at radius 2 is 2.44 bits per heavy atom. The molecule has 3 N–H and O–H groups in total. The van der Waals surface area contributed by atoms with Crippen LogP contribution in [0.2, 0.25) is 0 Å². The lowest BCUT2D eigenvalue weighted by atomic mass is 10.2. The number of nitrogens with zero attached hydrogens (tertiary/aromatic N) is 1. The molecule has 6 nitrogen and oxygen atoms in total. The van der Waals surface area contributed by atoms with Crippen molar-refractivity contribution in [3.8, 4) is 0 Å². The summed E-state index contributed by atoms with van der Waals surface area (Å²) in [5.74, 6) is -0.766. The van der Waals surface area contributed by atoms with Crippen LogP contribution in [0, 0.1) is 0 Å². The van der Waals surface area contributed by atoms with Crippen molar-refractivity contribution < 1.29 is 14.3 Å². The number of thiazole rings is 1. The summed E-state index contributed by atoms with van der Waals surface area (Å²) < 4.78 is 5.21. The number of nitrogens with two attached hydrogens (primary N) is 1. The molecule has 2 heterocycles. The lowest BCUT2D eigenvalue weighted by molar-refractivity contribution is -0.124. The van der Waals surface area contributed by atoms with E-state index < -0.39 is 12.0 Å². The van der Waals surface area contributed by atoms with E-state index >= 15 is 0 Å². The number of aromatic nitrogens is 1. The van der Waals surface area contributed by atoms with Crippen LogP contribution in [0.4, 0.5) is 5.13 Å².